The van der Waals surface area contributed by atoms with Gasteiger partial charge in [0.1, 0.15) is 5.75 Å². The highest BCUT2D eigenvalue weighted by molar-refractivity contribution is 5.44. The molecule has 1 N–H and O–H groups in total. The van der Waals surface area contributed by atoms with Gasteiger partial charge in [0, 0.05) is 0 Å². The molecule has 0 spiro atoms. The summed E-state index contributed by atoms with van der Waals surface area (Å²) in [6, 6.07) is 4.70. The van der Waals surface area contributed by atoms with Crippen molar-refractivity contribution in [2.75, 3.05) is 13.1 Å². The number of fused-ring (bicyclic) bond motifs is 2. The molecule has 2 nitrogen and oxygen atoms in total. The van der Waals surface area contributed by atoms with E-state index < -0.39 is 0 Å². The third kappa shape index (κ3) is 2.19. The van der Waals surface area contributed by atoms with Gasteiger partial charge >= 0.3 is 0 Å². The topological polar surface area (TPSA) is 21.3 Å². The molecule has 3 rings (SSSR count). The van der Waals surface area contributed by atoms with Crippen LogP contribution in [0, 0.1) is 0 Å². The number of nitrogens with one attached hydrogen (secondary N) is 1. The fourth-order valence-electron chi connectivity index (χ4n) is 2.90. The van der Waals surface area contributed by atoms with E-state index in [2.05, 4.69) is 24.4 Å². The van der Waals surface area contributed by atoms with E-state index in [0.29, 0.717) is 6.10 Å². The lowest BCUT2D eigenvalue weighted by Gasteiger charge is -2.26. The zero-order chi connectivity index (χ0) is 11.7. The van der Waals surface area contributed by atoms with Crippen LogP contribution in [0.4, 0.5) is 0 Å². The van der Waals surface area contributed by atoms with Crippen LogP contribution in [0.5, 0.6) is 5.75 Å². The van der Waals surface area contributed by atoms with Gasteiger partial charge in [0.15, 0.2) is 0 Å². The lowest BCUT2D eigenvalue weighted by Crippen LogP contribution is -2.22. The van der Waals surface area contributed by atoms with E-state index in [1.807, 2.05) is 0 Å². The molecule has 2 aliphatic rings. The van der Waals surface area contributed by atoms with Crippen molar-refractivity contribution in [1.82, 2.24) is 5.32 Å². The van der Waals surface area contributed by atoms with Gasteiger partial charge in [-0.15, -0.1) is 0 Å². The van der Waals surface area contributed by atoms with Crippen LogP contribution in [-0.2, 0) is 19.3 Å². The maximum atomic E-state index is 6.07. The SMILES string of the molecule is CCC1CCc2cc3c(cc2O1)CCNCC3. The Labute approximate surface area is 103 Å². The molecule has 0 aliphatic carbocycles. The van der Waals surface area contributed by atoms with E-state index in [-0.39, 0.29) is 0 Å². The van der Waals surface area contributed by atoms with E-state index in [9.17, 15) is 0 Å². The van der Waals surface area contributed by atoms with Crippen molar-refractivity contribution in [2.24, 2.45) is 0 Å². The molecule has 0 amide bonds. The van der Waals surface area contributed by atoms with Crippen LogP contribution in [-0.4, -0.2) is 19.2 Å². The standard InChI is InChI=1S/C15H21NO/c1-2-14-4-3-13-9-11-5-7-16-8-6-12(11)10-15(13)17-14/h9-10,14,16H,2-8H2,1H3. The summed E-state index contributed by atoms with van der Waals surface area (Å²) in [5.74, 6) is 1.16. The molecule has 1 aromatic carbocycles. The van der Waals surface area contributed by atoms with Gasteiger partial charge in [-0.05, 0) is 68.0 Å². The normalized spacial score (nSPS) is 23.2. The predicted molar refractivity (Wildman–Crippen MR) is 69.7 cm³/mol. The van der Waals surface area contributed by atoms with Crippen LogP contribution in [0.1, 0.15) is 36.5 Å². The van der Waals surface area contributed by atoms with Crippen molar-refractivity contribution in [3.63, 3.8) is 0 Å². The highest BCUT2D eigenvalue weighted by Crippen LogP contribution is 2.32. The Morgan fingerprint density at radius 3 is 2.65 bits per heavy atom. The summed E-state index contributed by atoms with van der Waals surface area (Å²) in [5.41, 5.74) is 4.45. The quantitative estimate of drug-likeness (QED) is 0.801. The Balaban J connectivity index is 1.93. The molecule has 92 valence electrons. The fourth-order valence-corrected chi connectivity index (χ4v) is 2.90. The zero-order valence-corrected chi connectivity index (χ0v) is 10.6. The first-order valence-corrected chi connectivity index (χ1v) is 6.89. The smallest absolute Gasteiger partial charge is 0.123 e. The van der Waals surface area contributed by atoms with Crippen LogP contribution in [0.2, 0.25) is 0 Å². The summed E-state index contributed by atoms with van der Waals surface area (Å²) in [6.45, 7) is 4.43. The summed E-state index contributed by atoms with van der Waals surface area (Å²) >= 11 is 0. The van der Waals surface area contributed by atoms with E-state index in [1.165, 1.54) is 36.0 Å². The van der Waals surface area contributed by atoms with Gasteiger partial charge in [-0.2, -0.15) is 0 Å². The Bertz CT molecular complexity index is 414. The molecule has 0 radical (unpaired) electrons. The highest BCUT2D eigenvalue weighted by atomic mass is 16.5. The van der Waals surface area contributed by atoms with E-state index in [0.717, 1.165) is 31.7 Å². The van der Waals surface area contributed by atoms with Crippen LogP contribution >= 0.6 is 0 Å². The van der Waals surface area contributed by atoms with E-state index >= 15 is 0 Å². The molecule has 1 unspecified atom stereocenters. The van der Waals surface area contributed by atoms with Gasteiger partial charge in [0.2, 0.25) is 0 Å². The summed E-state index contributed by atoms with van der Waals surface area (Å²) in [6.07, 6.45) is 6.24. The second-order valence-electron chi connectivity index (χ2n) is 5.17. The van der Waals surface area contributed by atoms with Gasteiger partial charge in [-0.25, -0.2) is 0 Å². The van der Waals surface area contributed by atoms with Gasteiger partial charge in [0.05, 0.1) is 6.10 Å². The first kappa shape index (κ1) is 11.1. The molecule has 1 aromatic rings. The predicted octanol–water partition coefficient (Wildman–Crippen LogP) is 2.48. The monoisotopic (exact) mass is 231 g/mol. The van der Waals surface area contributed by atoms with Crippen molar-refractivity contribution in [3.8, 4) is 5.75 Å². The number of benzene rings is 1. The fraction of sp³-hybridized carbons (Fsp3) is 0.600. The third-order valence-electron chi connectivity index (χ3n) is 4.01. The van der Waals surface area contributed by atoms with Crippen LogP contribution in [0.15, 0.2) is 12.1 Å². The molecule has 2 aliphatic heterocycles. The number of hydrogen-bond donors (Lipinski definition) is 1. The maximum Gasteiger partial charge on any atom is 0.123 e. The van der Waals surface area contributed by atoms with Crippen molar-refractivity contribution in [2.45, 2.75) is 45.1 Å². The molecule has 17 heavy (non-hydrogen) atoms. The number of rotatable bonds is 1. The second kappa shape index (κ2) is 4.69. The summed E-state index contributed by atoms with van der Waals surface area (Å²) in [4.78, 5) is 0. The van der Waals surface area contributed by atoms with Crippen LogP contribution in [0.3, 0.4) is 0 Å². The number of hydrogen-bond acceptors (Lipinski definition) is 2. The van der Waals surface area contributed by atoms with Crippen molar-refractivity contribution in [1.29, 1.82) is 0 Å². The molecule has 2 heteroatoms. The van der Waals surface area contributed by atoms with Crippen molar-refractivity contribution >= 4 is 0 Å². The minimum absolute atomic E-state index is 0.435. The molecular formula is C15H21NO. The summed E-state index contributed by atoms with van der Waals surface area (Å²) in [5, 5.41) is 3.46. The molecule has 0 aromatic heterocycles. The van der Waals surface area contributed by atoms with Crippen molar-refractivity contribution < 1.29 is 4.74 Å². The Morgan fingerprint density at radius 1 is 1.12 bits per heavy atom. The third-order valence-corrected chi connectivity index (χ3v) is 4.01. The lowest BCUT2D eigenvalue weighted by atomic mass is 9.94. The Kier molecular flexibility index (Phi) is 3.06. The molecular weight excluding hydrogens is 210 g/mol. The summed E-state index contributed by atoms with van der Waals surface area (Å²) in [7, 11) is 0. The molecule has 0 saturated heterocycles. The molecule has 2 heterocycles. The second-order valence-corrected chi connectivity index (χ2v) is 5.17. The highest BCUT2D eigenvalue weighted by Gasteiger charge is 2.20. The van der Waals surface area contributed by atoms with Gasteiger partial charge in [-0.1, -0.05) is 13.0 Å². The first-order chi connectivity index (χ1) is 8.36. The molecule has 1 atom stereocenters. The van der Waals surface area contributed by atoms with Gasteiger partial charge < -0.3 is 10.1 Å². The van der Waals surface area contributed by atoms with Gasteiger partial charge in [0.25, 0.3) is 0 Å². The Hall–Kier alpha value is -1.02. The maximum absolute atomic E-state index is 6.07. The molecule has 0 bridgehead atoms. The molecule has 0 fully saturated rings. The molecule has 0 saturated carbocycles. The Morgan fingerprint density at radius 2 is 1.88 bits per heavy atom. The van der Waals surface area contributed by atoms with E-state index in [1.54, 1.807) is 0 Å². The van der Waals surface area contributed by atoms with E-state index in [4.69, 9.17) is 4.74 Å². The minimum atomic E-state index is 0.435. The minimum Gasteiger partial charge on any atom is -0.490 e. The largest absolute Gasteiger partial charge is 0.490 e. The van der Waals surface area contributed by atoms with Crippen molar-refractivity contribution in [3.05, 3.63) is 28.8 Å². The number of ether oxygens (including phenoxy) is 1. The first-order valence-electron chi connectivity index (χ1n) is 6.89. The van der Waals surface area contributed by atoms with Crippen LogP contribution in [0.25, 0.3) is 0 Å². The zero-order valence-electron chi connectivity index (χ0n) is 10.6. The average molecular weight is 231 g/mol. The van der Waals surface area contributed by atoms with Gasteiger partial charge in [-0.3, -0.25) is 0 Å². The average Bonchev–Trinajstić information content (AvgIpc) is 2.60. The lowest BCUT2D eigenvalue weighted by molar-refractivity contribution is 0.169. The summed E-state index contributed by atoms with van der Waals surface area (Å²) < 4.78 is 6.07. The van der Waals surface area contributed by atoms with Crippen LogP contribution < -0.4 is 10.1 Å². The number of aryl methyl sites for hydroxylation is 1.